The van der Waals surface area contributed by atoms with Crippen LogP contribution in [0.4, 0.5) is 5.82 Å². The lowest BCUT2D eigenvalue weighted by atomic mass is 10.1. The molecule has 0 aliphatic heterocycles. The number of nitrogens with one attached hydrogen (secondary N) is 1. The zero-order chi connectivity index (χ0) is 13.2. The van der Waals surface area contributed by atoms with Crippen LogP contribution in [0.5, 0.6) is 0 Å². The van der Waals surface area contributed by atoms with Crippen LogP contribution in [0, 0.1) is 6.92 Å². The summed E-state index contributed by atoms with van der Waals surface area (Å²) >= 11 is 0. The number of nitrogen functional groups attached to an aromatic ring is 1. The number of anilines is 1. The SMILES string of the molecule is Cc1cccc(Cc2noc(-c3cc(N)n[nH]3)n2)c1. The number of nitrogens with zero attached hydrogens (tertiary/aromatic N) is 3. The van der Waals surface area contributed by atoms with E-state index in [-0.39, 0.29) is 0 Å². The van der Waals surface area contributed by atoms with Gasteiger partial charge in [-0.2, -0.15) is 10.1 Å². The van der Waals surface area contributed by atoms with Crippen molar-refractivity contribution in [3.8, 4) is 11.6 Å². The van der Waals surface area contributed by atoms with Gasteiger partial charge in [0.15, 0.2) is 5.82 Å². The Kier molecular flexibility index (Phi) is 2.75. The molecule has 0 aliphatic rings. The van der Waals surface area contributed by atoms with Gasteiger partial charge < -0.3 is 10.3 Å². The Morgan fingerprint density at radius 2 is 2.21 bits per heavy atom. The summed E-state index contributed by atoms with van der Waals surface area (Å²) in [6.07, 6.45) is 0.634. The van der Waals surface area contributed by atoms with Gasteiger partial charge in [0, 0.05) is 12.5 Å². The van der Waals surface area contributed by atoms with Gasteiger partial charge in [-0.1, -0.05) is 35.0 Å². The molecule has 0 bridgehead atoms. The number of hydrogen-bond donors (Lipinski definition) is 2. The first kappa shape index (κ1) is 11.5. The van der Waals surface area contributed by atoms with E-state index in [0.717, 1.165) is 5.56 Å². The molecular weight excluding hydrogens is 242 g/mol. The number of hydrogen-bond acceptors (Lipinski definition) is 5. The zero-order valence-electron chi connectivity index (χ0n) is 10.4. The largest absolute Gasteiger partial charge is 0.382 e. The molecule has 0 fully saturated rings. The van der Waals surface area contributed by atoms with E-state index in [2.05, 4.69) is 39.4 Å². The Labute approximate surface area is 109 Å². The van der Waals surface area contributed by atoms with Gasteiger partial charge in [-0.25, -0.2) is 0 Å². The van der Waals surface area contributed by atoms with Gasteiger partial charge in [-0.15, -0.1) is 0 Å². The highest BCUT2D eigenvalue weighted by atomic mass is 16.5. The number of benzene rings is 1. The number of aromatic amines is 1. The molecule has 19 heavy (non-hydrogen) atoms. The van der Waals surface area contributed by atoms with E-state index in [1.165, 1.54) is 5.56 Å². The van der Waals surface area contributed by atoms with Crippen molar-refractivity contribution in [3.05, 3.63) is 47.3 Å². The summed E-state index contributed by atoms with van der Waals surface area (Å²) in [6, 6.07) is 9.87. The smallest absolute Gasteiger partial charge is 0.276 e. The molecule has 0 radical (unpaired) electrons. The highest BCUT2D eigenvalue weighted by molar-refractivity contribution is 5.51. The van der Waals surface area contributed by atoms with Gasteiger partial charge in [0.05, 0.1) is 0 Å². The Balaban J connectivity index is 1.82. The average molecular weight is 255 g/mol. The first-order chi connectivity index (χ1) is 9.20. The predicted molar refractivity (Wildman–Crippen MR) is 70.3 cm³/mol. The summed E-state index contributed by atoms with van der Waals surface area (Å²) in [7, 11) is 0. The third-order valence-corrected chi connectivity index (χ3v) is 2.74. The fraction of sp³-hybridized carbons (Fsp3) is 0.154. The zero-order valence-corrected chi connectivity index (χ0v) is 10.4. The Hall–Kier alpha value is -2.63. The molecular formula is C13H13N5O. The van der Waals surface area contributed by atoms with Gasteiger partial charge in [0.1, 0.15) is 11.5 Å². The van der Waals surface area contributed by atoms with E-state index in [9.17, 15) is 0 Å². The number of rotatable bonds is 3. The van der Waals surface area contributed by atoms with Crippen molar-refractivity contribution in [2.75, 3.05) is 5.73 Å². The molecule has 0 spiro atoms. The maximum Gasteiger partial charge on any atom is 0.276 e. The van der Waals surface area contributed by atoms with E-state index >= 15 is 0 Å². The van der Waals surface area contributed by atoms with Crippen LogP contribution in [-0.2, 0) is 6.42 Å². The van der Waals surface area contributed by atoms with Crippen molar-refractivity contribution >= 4 is 5.82 Å². The van der Waals surface area contributed by atoms with E-state index < -0.39 is 0 Å². The number of nitrogens with two attached hydrogens (primary N) is 1. The number of aryl methyl sites for hydroxylation is 1. The van der Waals surface area contributed by atoms with E-state index in [4.69, 9.17) is 10.3 Å². The van der Waals surface area contributed by atoms with E-state index in [1.807, 2.05) is 12.1 Å². The highest BCUT2D eigenvalue weighted by Gasteiger charge is 2.11. The Morgan fingerprint density at radius 1 is 1.32 bits per heavy atom. The first-order valence-electron chi connectivity index (χ1n) is 5.90. The maximum absolute atomic E-state index is 5.53. The topological polar surface area (TPSA) is 93.6 Å². The summed E-state index contributed by atoms with van der Waals surface area (Å²) in [4.78, 5) is 4.31. The second kappa shape index (κ2) is 4.56. The molecule has 3 rings (SSSR count). The molecule has 3 N–H and O–H groups in total. The van der Waals surface area contributed by atoms with Crippen molar-refractivity contribution in [1.29, 1.82) is 0 Å². The lowest BCUT2D eigenvalue weighted by molar-refractivity contribution is 0.422. The lowest BCUT2D eigenvalue weighted by Gasteiger charge is -1.97. The molecule has 3 aromatic rings. The van der Waals surface area contributed by atoms with Crippen LogP contribution in [0.2, 0.25) is 0 Å². The number of aromatic nitrogens is 4. The van der Waals surface area contributed by atoms with Crippen LogP contribution in [0.1, 0.15) is 17.0 Å². The molecule has 2 aromatic heterocycles. The summed E-state index contributed by atoms with van der Waals surface area (Å²) in [6.45, 7) is 2.05. The lowest BCUT2D eigenvalue weighted by Crippen LogP contribution is -1.91. The standard InChI is InChI=1S/C13H13N5O/c1-8-3-2-4-9(5-8)6-12-15-13(19-18-12)10-7-11(14)17-16-10/h2-5,7H,6H2,1H3,(H3,14,16,17). The van der Waals surface area contributed by atoms with Crippen LogP contribution in [0.25, 0.3) is 11.6 Å². The van der Waals surface area contributed by atoms with E-state index in [1.54, 1.807) is 6.07 Å². The van der Waals surface area contributed by atoms with Gasteiger partial charge in [0.25, 0.3) is 5.89 Å². The second-order valence-electron chi connectivity index (χ2n) is 4.39. The Morgan fingerprint density at radius 3 is 2.95 bits per heavy atom. The highest BCUT2D eigenvalue weighted by Crippen LogP contribution is 2.17. The molecule has 2 heterocycles. The molecule has 0 aliphatic carbocycles. The normalized spacial score (nSPS) is 10.8. The van der Waals surface area contributed by atoms with Crippen LogP contribution in [0.3, 0.4) is 0 Å². The van der Waals surface area contributed by atoms with Gasteiger partial charge in [-0.3, -0.25) is 5.10 Å². The minimum Gasteiger partial charge on any atom is -0.382 e. The Bertz CT molecular complexity index is 700. The molecule has 0 amide bonds. The van der Waals surface area contributed by atoms with Crippen LogP contribution < -0.4 is 5.73 Å². The van der Waals surface area contributed by atoms with Crippen molar-refractivity contribution in [1.82, 2.24) is 20.3 Å². The van der Waals surface area contributed by atoms with E-state index in [0.29, 0.717) is 29.6 Å². The average Bonchev–Trinajstić information content (AvgIpc) is 2.98. The third kappa shape index (κ3) is 2.47. The summed E-state index contributed by atoms with van der Waals surface area (Å²) in [5, 5.41) is 10.5. The van der Waals surface area contributed by atoms with Crippen molar-refractivity contribution < 1.29 is 4.52 Å². The fourth-order valence-electron chi connectivity index (χ4n) is 1.89. The third-order valence-electron chi connectivity index (χ3n) is 2.74. The second-order valence-corrected chi connectivity index (χ2v) is 4.39. The maximum atomic E-state index is 5.53. The minimum absolute atomic E-state index is 0.395. The molecule has 1 aromatic carbocycles. The predicted octanol–water partition coefficient (Wildman–Crippen LogP) is 1.94. The van der Waals surface area contributed by atoms with Crippen LogP contribution in [0.15, 0.2) is 34.9 Å². The summed E-state index contributed by atoms with van der Waals surface area (Å²) in [5.41, 5.74) is 8.52. The summed E-state index contributed by atoms with van der Waals surface area (Å²) in [5.74, 6) is 1.43. The molecule has 0 saturated heterocycles. The van der Waals surface area contributed by atoms with Crippen LogP contribution >= 0.6 is 0 Å². The van der Waals surface area contributed by atoms with Gasteiger partial charge in [0.2, 0.25) is 0 Å². The fourth-order valence-corrected chi connectivity index (χ4v) is 1.89. The molecule has 0 atom stereocenters. The van der Waals surface area contributed by atoms with Crippen LogP contribution in [-0.4, -0.2) is 20.3 Å². The quantitative estimate of drug-likeness (QED) is 0.746. The molecule has 0 saturated carbocycles. The first-order valence-corrected chi connectivity index (χ1v) is 5.90. The van der Waals surface area contributed by atoms with Crippen molar-refractivity contribution in [3.63, 3.8) is 0 Å². The van der Waals surface area contributed by atoms with Gasteiger partial charge in [-0.05, 0) is 12.5 Å². The monoisotopic (exact) mass is 255 g/mol. The molecule has 6 heteroatoms. The van der Waals surface area contributed by atoms with Crippen molar-refractivity contribution in [2.45, 2.75) is 13.3 Å². The molecule has 0 unspecified atom stereocenters. The minimum atomic E-state index is 0.395. The van der Waals surface area contributed by atoms with Crippen molar-refractivity contribution in [2.24, 2.45) is 0 Å². The van der Waals surface area contributed by atoms with Gasteiger partial charge >= 0.3 is 0 Å². The summed E-state index contributed by atoms with van der Waals surface area (Å²) < 4.78 is 5.18. The molecule has 96 valence electrons. The number of H-pyrrole nitrogens is 1. The molecule has 6 nitrogen and oxygen atoms in total.